The molecule has 0 saturated carbocycles. The molecule has 0 aliphatic heterocycles. The van der Waals surface area contributed by atoms with Crippen LogP contribution in [0.1, 0.15) is 51.9 Å². The smallest absolute Gasteiger partial charge is 0.137 e. The zero-order valence-corrected chi connectivity index (χ0v) is 11.9. The summed E-state index contributed by atoms with van der Waals surface area (Å²) in [6, 6.07) is 0. The van der Waals surface area contributed by atoms with E-state index in [4.69, 9.17) is 9.47 Å². The monoisotopic (exact) mass is 256 g/mol. The lowest BCUT2D eigenvalue weighted by atomic mass is 9.91. The number of hydrogen-bond acceptors (Lipinski definition) is 2. The molecular weight excluding hydrogens is 231 g/mol. The summed E-state index contributed by atoms with van der Waals surface area (Å²) >= 11 is 0. The first-order valence-corrected chi connectivity index (χ1v) is 6.76. The van der Waals surface area contributed by atoms with Crippen molar-refractivity contribution in [2.24, 2.45) is 0 Å². The number of ether oxygens (including phenoxy) is 2. The second-order valence-corrected chi connectivity index (χ2v) is 4.85. The SMILES string of the molecule is COC1=C(OC)CC(CCCCCCF)=C(C)C1. The summed E-state index contributed by atoms with van der Waals surface area (Å²) in [5.41, 5.74) is 2.87. The van der Waals surface area contributed by atoms with E-state index in [1.807, 2.05) is 0 Å². The number of unbranched alkanes of at least 4 members (excludes halogenated alkanes) is 3. The van der Waals surface area contributed by atoms with Gasteiger partial charge in [0.25, 0.3) is 0 Å². The molecule has 0 radical (unpaired) electrons. The standard InChI is InChI=1S/C15H25FO2/c1-12-10-14(17-2)15(18-3)11-13(12)8-6-4-5-7-9-16/h4-11H2,1-3H3. The minimum absolute atomic E-state index is 0.185. The highest BCUT2D eigenvalue weighted by Crippen LogP contribution is 2.33. The second kappa shape index (κ2) is 8.17. The number of hydrogen-bond donors (Lipinski definition) is 0. The molecule has 1 aliphatic carbocycles. The summed E-state index contributed by atoms with van der Waals surface area (Å²) in [6.45, 7) is 1.98. The summed E-state index contributed by atoms with van der Waals surface area (Å²) in [6.07, 6.45) is 6.79. The highest BCUT2D eigenvalue weighted by molar-refractivity contribution is 5.28. The van der Waals surface area contributed by atoms with Crippen LogP contribution in [0.5, 0.6) is 0 Å². The molecule has 0 heterocycles. The lowest BCUT2D eigenvalue weighted by Gasteiger charge is -2.22. The topological polar surface area (TPSA) is 18.5 Å². The van der Waals surface area contributed by atoms with E-state index in [0.29, 0.717) is 6.42 Å². The first kappa shape index (κ1) is 15.1. The first-order chi connectivity index (χ1) is 8.72. The van der Waals surface area contributed by atoms with Gasteiger partial charge in [-0.1, -0.05) is 24.0 Å². The zero-order valence-electron chi connectivity index (χ0n) is 11.9. The van der Waals surface area contributed by atoms with E-state index in [1.165, 1.54) is 11.1 Å². The van der Waals surface area contributed by atoms with Crippen molar-refractivity contribution < 1.29 is 13.9 Å². The van der Waals surface area contributed by atoms with Crippen molar-refractivity contribution in [1.29, 1.82) is 0 Å². The molecule has 3 heteroatoms. The molecule has 1 rings (SSSR count). The molecular formula is C15H25FO2. The van der Waals surface area contributed by atoms with Gasteiger partial charge in [0.1, 0.15) is 11.5 Å². The molecule has 2 nitrogen and oxygen atoms in total. The second-order valence-electron chi connectivity index (χ2n) is 4.85. The number of methoxy groups -OCH3 is 2. The van der Waals surface area contributed by atoms with Crippen molar-refractivity contribution in [1.82, 2.24) is 0 Å². The van der Waals surface area contributed by atoms with E-state index in [9.17, 15) is 4.39 Å². The highest BCUT2D eigenvalue weighted by atomic mass is 19.1. The molecule has 0 unspecified atom stereocenters. The van der Waals surface area contributed by atoms with Crippen LogP contribution in [-0.4, -0.2) is 20.9 Å². The van der Waals surface area contributed by atoms with Crippen LogP contribution >= 0.6 is 0 Å². The van der Waals surface area contributed by atoms with Crippen molar-refractivity contribution in [3.63, 3.8) is 0 Å². The molecule has 0 saturated heterocycles. The third-order valence-corrected chi connectivity index (χ3v) is 3.57. The Morgan fingerprint density at radius 3 is 2.17 bits per heavy atom. The van der Waals surface area contributed by atoms with E-state index < -0.39 is 0 Å². The Labute approximate surface area is 110 Å². The fraction of sp³-hybridized carbons (Fsp3) is 0.733. The van der Waals surface area contributed by atoms with Crippen molar-refractivity contribution >= 4 is 0 Å². The Hall–Kier alpha value is -0.990. The lowest BCUT2D eigenvalue weighted by Crippen LogP contribution is -2.07. The Morgan fingerprint density at radius 2 is 1.56 bits per heavy atom. The Kier molecular flexibility index (Phi) is 6.84. The van der Waals surface area contributed by atoms with Crippen molar-refractivity contribution in [3.8, 4) is 0 Å². The summed E-state index contributed by atoms with van der Waals surface area (Å²) < 4.78 is 22.7. The van der Waals surface area contributed by atoms with Crippen LogP contribution in [0.2, 0.25) is 0 Å². The molecule has 104 valence electrons. The van der Waals surface area contributed by atoms with E-state index in [-0.39, 0.29) is 6.67 Å². The normalized spacial score (nSPS) is 16.2. The van der Waals surface area contributed by atoms with Gasteiger partial charge in [0.15, 0.2) is 0 Å². The maximum atomic E-state index is 12.0. The fourth-order valence-corrected chi connectivity index (χ4v) is 2.37. The maximum absolute atomic E-state index is 12.0. The Bertz CT molecular complexity index is 318. The van der Waals surface area contributed by atoms with Crippen LogP contribution in [0.15, 0.2) is 22.7 Å². The third kappa shape index (κ3) is 4.35. The molecule has 0 aromatic carbocycles. The van der Waals surface area contributed by atoms with Gasteiger partial charge in [0.2, 0.25) is 0 Å². The van der Waals surface area contributed by atoms with Crippen LogP contribution in [0.25, 0.3) is 0 Å². The predicted molar refractivity (Wildman–Crippen MR) is 72.0 cm³/mol. The molecule has 0 aromatic rings. The van der Waals surface area contributed by atoms with Crippen LogP contribution < -0.4 is 0 Å². The molecule has 0 fully saturated rings. The Morgan fingerprint density at radius 1 is 0.944 bits per heavy atom. The van der Waals surface area contributed by atoms with Crippen molar-refractivity contribution in [2.45, 2.75) is 51.9 Å². The average molecular weight is 256 g/mol. The van der Waals surface area contributed by atoms with Gasteiger partial charge < -0.3 is 9.47 Å². The molecule has 1 aliphatic rings. The van der Waals surface area contributed by atoms with Gasteiger partial charge in [-0.05, 0) is 26.2 Å². The fourth-order valence-electron chi connectivity index (χ4n) is 2.37. The van der Waals surface area contributed by atoms with Crippen LogP contribution in [0, 0.1) is 0 Å². The molecule has 0 spiro atoms. The maximum Gasteiger partial charge on any atom is 0.137 e. The van der Waals surface area contributed by atoms with Gasteiger partial charge in [-0.3, -0.25) is 4.39 Å². The van der Waals surface area contributed by atoms with Crippen LogP contribution in [0.3, 0.4) is 0 Å². The van der Waals surface area contributed by atoms with E-state index >= 15 is 0 Å². The van der Waals surface area contributed by atoms with E-state index in [2.05, 4.69) is 6.92 Å². The van der Waals surface area contributed by atoms with Gasteiger partial charge in [-0.2, -0.15) is 0 Å². The summed E-state index contributed by atoms with van der Waals surface area (Å²) in [4.78, 5) is 0. The first-order valence-electron chi connectivity index (χ1n) is 6.76. The number of alkyl halides is 1. The number of halogens is 1. The molecule has 0 N–H and O–H groups in total. The highest BCUT2D eigenvalue weighted by Gasteiger charge is 2.19. The van der Waals surface area contributed by atoms with Gasteiger partial charge in [0.05, 0.1) is 20.9 Å². The largest absolute Gasteiger partial charge is 0.497 e. The molecule has 0 aromatic heterocycles. The minimum Gasteiger partial charge on any atom is -0.497 e. The van der Waals surface area contributed by atoms with Crippen molar-refractivity contribution in [3.05, 3.63) is 22.7 Å². The minimum atomic E-state index is -0.185. The Balaban J connectivity index is 2.42. The lowest BCUT2D eigenvalue weighted by molar-refractivity contribution is 0.206. The summed E-state index contributed by atoms with van der Waals surface area (Å²) in [5.74, 6) is 1.91. The average Bonchev–Trinajstić information content (AvgIpc) is 2.39. The van der Waals surface area contributed by atoms with Gasteiger partial charge >= 0.3 is 0 Å². The van der Waals surface area contributed by atoms with E-state index in [1.54, 1.807) is 14.2 Å². The molecule has 18 heavy (non-hydrogen) atoms. The van der Waals surface area contributed by atoms with Gasteiger partial charge in [0, 0.05) is 12.8 Å². The molecule has 0 atom stereocenters. The quantitative estimate of drug-likeness (QED) is 0.469. The molecule has 0 bridgehead atoms. The van der Waals surface area contributed by atoms with Crippen molar-refractivity contribution in [2.75, 3.05) is 20.9 Å². The summed E-state index contributed by atoms with van der Waals surface area (Å²) in [7, 11) is 3.40. The van der Waals surface area contributed by atoms with Crippen LogP contribution in [0.4, 0.5) is 4.39 Å². The number of rotatable bonds is 8. The molecule has 0 amide bonds. The van der Waals surface area contributed by atoms with Crippen LogP contribution in [-0.2, 0) is 9.47 Å². The van der Waals surface area contributed by atoms with Gasteiger partial charge in [-0.15, -0.1) is 0 Å². The zero-order chi connectivity index (χ0) is 13.4. The predicted octanol–water partition coefficient (Wildman–Crippen LogP) is 4.52. The van der Waals surface area contributed by atoms with E-state index in [0.717, 1.165) is 50.0 Å². The summed E-state index contributed by atoms with van der Waals surface area (Å²) in [5, 5.41) is 0. The van der Waals surface area contributed by atoms with Gasteiger partial charge in [-0.25, -0.2) is 0 Å². The number of allylic oxidation sites excluding steroid dienone is 2. The third-order valence-electron chi connectivity index (χ3n) is 3.57.